The molecule has 0 amide bonds. The smallest absolute Gasteiger partial charge is 0.223 e. The third kappa shape index (κ3) is 5.07. The lowest BCUT2D eigenvalue weighted by atomic mass is 10.0. The van der Waals surface area contributed by atoms with Gasteiger partial charge in [0, 0.05) is 25.6 Å². The van der Waals surface area contributed by atoms with Crippen molar-refractivity contribution in [3.8, 4) is 0 Å². The van der Waals surface area contributed by atoms with Crippen LogP contribution in [0, 0.1) is 12.8 Å². The maximum Gasteiger partial charge on any atom is 0.223 e. The van der Waals surface area contributed by atoms with Crippen LogP contribution in [0.2, 0.25) is 0 Å². The van der Waals surface area contributed by atoms with Gasteiger partial charge in [-0.1, -0.05) is 6.58 Å². The molecule has 0 aromatic carbocycles. The van der Waals surface area contributed by atoms with Crippen molar-refractivity contribution in [2.24, 2.45) is 10.9 Å². The number of aliphatic imine (C=N–C) groups is 1. The van der Waals surface area contributed by atoms with Crippen LogP contribution in [-0.4, -0.2) is 37.5 Å². The van der Waals surface area contributed by atoms with Gasteiger partial charge in [0.15, 0.2) is 5.82 Å². The molecule has 1 aromatic heterocycles. The summed E-state index contributed by atoms with van der Waals surface area (Å²) in [7, 11) is 3.25. The van der Waals surface area contributed by atoms with E-state index in [1.165, 1.54) is 0 Å². The number of hydrogen-bond acceptors (Lipinski definition) is 5. The van der Waals surface area contributed by atoms with Crippen LogP contribution < -0.4 is 0 Å². The molecule has 0 spiro atoms. The fourth-order valence-electron chi connectivity index (χ4n) is 1.83. The molecule has 0 saturated heterocycles. The second-order valence-electron chi connectivity index (χ2n) is 4.94. The zero-order valence-electron chi connectivity index (χ0n) is 13.9. The van der Waals surface area contributed by atoms with Crippen molar-refractivity contribution >= 4 is 12.3 Å². The van der Waals surface area contributed by atoms with Crippen molar-refractivity contribution in [1.82, 2.24) is 9.97 Å². The molecule has 0 bridgehead atoms. The maximum absolute atomic E-state index is 5.26. The summed E-state index contributed by atoms with van der Waals surface area (Å²) in [6.45, 7) is 12.4. The van der Waals surface area contributed by atoms with Gasteiger partial charge in [-0.05, 0) is 51.0 Å². The van der Waals surface area contributed by atoms with Gasteiger partial charge in [-0.3, -0.25) is 0 Å². The standard InChI is InChI=1S/C14H17N3O.C3H8O/c1-9-7-8-16-13(17-9)12(14(15-3)18-4)10(2)11-5-6-11;1-3-4-2/h7-8,11H,2-3,5-6H2,1,4H3;3H2,1-2H3/b14-12-;. The average Bonchev–Trinajstić information content (AvgIpc) is 3.37. The van der Waals surface area contributed by atoms with Crippen molar-refractivity contribution < 1.29 is 9.47 Å². The van der Waals surface area contributed by atoms with Crippen molar-refractivity contribution in [2.75, 3.05) is 20.8 Å². The second-order valence-corrected chi connectivity index (χ2v) is 4.94. The molecule has 1 aliphatic rings. The Bertz CT molecular complexity index is 547. The van der Waals surface area contributed by atoms with E-state index < -0.39 is 0 Å². The Balaban J connectivity index is 0.000000541. The minimum Gasteiger partial charge on any atom is -0.480 e. The zero-order chi connectivity index (χ0) is 16.5. The summed E-state index contributed by atoms with van der Waals surface area (Å²) in [6.07, 6.45) is 4.04. The average molecular weight is 303 g/mol. The highest BCUT2D eigenvalue weighted by atomic mass is 16.5. The minimum atomic E-state index is 0.442. The molecule has 0 radical (unpaired) electrons. The lowest BCUT2D eigenvalue weighted by molar-refractivity contribution is 0.215. The highest BCUT2D eigenvalue weighted by Gasteiger charge is 2.30. The molecule has 22 heavy (non-hydrogen) atoms. The van der Waals surface area contributed by atoms with Gasteiger partial charge < -0.3 is 9.47 Å². The van der Waals surface area contributed by atoms with Gasteiger partial charge >= 0.3 is 0 Å². The third-order valence-corrected chi connectivity index (χ3v) is 3.25. The minimum absolute atomic E-state index is 0.442. The summed E-state index contributed by atoms with van der Waals surface area (Å²) in [5, 5.41) is 0. The summed E-state index contributed by atoms with van der Waals surface area (Å²) in [5.74, 6) is 1.55. The molecule has 5 heteroatoms. The topological polar surface area (TPSA) is 56.6 Å². The third-order valence-electron chi connectivity index (χ3n) is 3.25. The van der Waals surface area contributed by atoms with E-state index in [1.807, 2.05) is 19.9 Å². The number of allylic oxidation sites excluding steroid dienone is 2. The van der Waals surface area contributed by atoms with Crippen molar-refractivity contribution in [3.63, 3.8) is 0 Å². The molecule has 1 aromatic rings. The van der Waals surface area contributed by atoms with E-state index in [4.69, 9.17) is 4.74 Å². The SMILES string of the molecule is C=N/C(OC)=C(\C(=C)C1CC1)c1nccc(C)n1.CCOC. The first-order chi connectivity index (χ1) is 10.6. The molecule has 120 valence electrons. The van der Waals surface area contributed by atoms with E-state index in [0.29, 0.717) is 17.6 Å². The van der Waals surface area contributed by atoms with E-state index in [-0.39, 0.29) is 0 Å². The first kappa shape index (κ1) is 18.0. The van der Waals surface area contributed by atoms with Gasteiger partial charge in [-0.25, -0.2) is 15.0 Å². The van der Waals surface area contributed by atoms with Gasteiger partial charge in [0.25, 0.3) is 0 Å². The van der Waals surface area contributed by atoms with E-state index in [1.54, 1.807) is 20.4 Å². The van der Waals surface area contributed by atoms with Gasteiger partial charge in [0.1, 0.15) is 0 Å². The predicted molar refractivity (Wildman–Crippen MR) is 89.7 cm³/mol. The highest BCUT2D eigenvalue weighted by Crippen LogP contribution is 2.42. The lowest BCUT2D eigenvalue weighted by Crippen LogP contribution is -2.03. The lowest BCUT2D eigenvalue weighted by Gasteiger charge is -2.12. The number of aryl methyl sites for hydroxylation is 1. The summed E-state index contributed by atoms with van der Waals surface area (Å²) in [6, 6.07) is 1.86. The van der Waals surface area contributed by atoms with Gasteiger partial charge in [0.05, 0.1) is 12.7 Å². The van der Waals surface area contributed by atoms with Crippen LogP contribution in [0.1, 0.15) is 31.3 Å². The molecule has 0 unspecified atom stereocenters. The van der Waals surface area contributed by atoms with Crippen LogP contribution >= 0.6 is 0 Å². The van der Waals surface area contributed by atoms with Crippen LogP contribution in [0.4, 0.5) is 0 Å². The first-order valence-corrected chi connectivity index (χ1v) is 7.32. The molecule has 0 aliphatic heterocycles. The number of rotatable bonds is 6. The van der Waals surface area contributed by atoms with Gasteiger partial charge in [-0.2, -0.15) is 0 Å². The second kappa shape index (κ2) is 9.10. The molecule has 1 saturated carbocycles. The van der Waals surface area contributed by atoms with E-state index >= 15 is 0 Å². The van der Waals surface area contributed by atoms with E-state index in [0.717, 1.165) is 36.3 Å². The molecule has 0 atom stereocenters. The molecular formula is C17H25N3O2. The Morgan fingerprint density at radius 1 is 1.41 bits per heavy atom. The summed E-state index contributed by atoms with van der Waals surface area (Å²) >= 11 is 0. The van der Waals surface area contributed by atoms with Crippen LogP contribution in [0.15, 0.2) is 35.3 Å². The summed E-state index contributed by atoms with van der Waals surface area (Å²) in [4.78, 5) is 12.6. The van der Waals surface area contributed by atoms with Crippen LogP contribution in [0.3, 0.4) is 0 Å². The van der Waals surface area contributed by atoms with Crippen LogP contribution in [0.25, 0.3) is 5.57 Å². The number of nitrogens with zero attached hydrogens (tertiary/aromatic N) is 3. The Morgan fingerprint density at radius 3 is 2.45 bits per heavy atom. The maximum atomic E-state index is 5.26. The number of hydrogen-bond donors (Lipinski definition) is 0. The number of methoxy groups -OCH3 is 2. The van der Waals surface area contributed by atoms with Crippen LogP contribution in [0.5, 0.6) is 0 Å². The Labute approximate surface area is 132 Å². The molecule has 2 rings (SSSR count). The van der Waals surface area contributed by atoms with Crippen molar-refractivity contribution in [3.05, 3.63) is 41.8 Å². The van der Waals surface area contributed by atoms with Crippen molar-refractivity contribution in [2.45, 2.75) is 26.7 Å². The van der Waals surface area contributed by atoms with Crippen molar-refractivity contribution in [1.29, 1.82) is 0 Å². The molecule has 1 aliphatic carbocycles. The predicted octanol–water partition coefficient (Wildman–Crippen LogP) is 3.42. The highest BCUT2D eigenvalue weighted by molar-refractivity contribution is 5.77. The zero-order valence-corrected chi connectivity index (χ0v) is 13.9. The largest absolute Gasteiger partial charge is 0.480 e. The fraction of sp³-hybridized carbons (Fsp3) is 0.471. The van der Waals surface area contributed by atoms with E-state index in [9.17, 15) is 0 Å². The van der Waals surface area contributed by atoms with Crippen LogP contribution in [-0.2, 0) is 9.47 Å². The monoisotopic (exact) mass is 303 g/mol. The molecule has 1 heterocycles. The quantitative estimate of drug-likeness (QED) is 0.459. The summed E-state index contributed by atoms with van der Waals surface area (Å²) < 4.78 is 9.81. The Kier molecular flexibility index (Phi) is 7.46. The Morgan fingerprint density at radius 2 is 2.05 bits per heavy atom. The first-order valence-electron chi connectivity index (χ1n) is 7.32. The van der Waals surface area contributed by atoms with Gasteiger partial charge in [-0.15, -0.1) is 0 Å². The number of aromatic nitrogens is 2. The Hall–Kier alpha value is -2.01. The molecule has 1 fully saturated rings. The number of ether oxygens (including phenoxy) is 2. The molecule has 5 nitrogen and oxygen atoms in total. The normalized spacial score (nSPS) is 14.4. The molecular weight excluding hydrogens is 278 g/mol. The molecule has 0 N–H and O–H groups in total. The van der Waals surface area contributed by atoms with Gasteiger partial charge in [0.2, 0.25) is 5.88 Å². The van der Waals surface area contributed by atoms with E-state index in [2.05, 4.69) is 33.0 Å². The summed E-state index contributed by atoms with van der Waals surface area (Å²) in [5.41, 5.74) is 2.67. The fourth-order valence-corrected chi connectivity index (χ4v) is 1.83.